The number of hydrogen-bond donors (Lipinski definition) is 2. The Kier molecular flexibility index (Phi) is 4.35. The van der Waals surface area contributed by atoms with Gasteiger partial charge in [0.1, 0.15) is 5.76 Å². The highest BCUT2D eigenvalue weighted by Crippen LogP contribution is 2.16. The molecule has 0 unspecified atom stereocenters. The molecule has 1 aromatic rings. The minimum Gasteiger partial charge on any atom is -0.447 e. The highest BCUT2D eigenvalue weighted by molar-refractivity contribution is 7.89. The number of rotatable bonds is 5. The van der Waals surface area contributed by atoms with E-state index in [-0.39, 0.29) is 5.09 Å². The fourth-order valence-corrected chi connectivity index (χ4v) is 2.67. The summed E-state index contributed by atoms with van der Waals surface area (Å²) in [7, 11) is -3.57. The Labute approximate surface area is 103 Å². The van der Waals surface area contributed by atoms with Gasteiger partial charge in [-0.15, -0.1) is 0 Å². The van der Waals surface area contributed by atoms with Gasteiger partial charge in [-0.05, 0) is 39.4 Å². The Balaban J connectivity index is 2.82. The summed E-state index contributed by atoms with van der Waals surface area (Å²) in [4.78, 5) is 0. The summed E-state index contributed by atoms with van der Waals surface area (Å²) < 4.78 is 31.6. The van der Waals surface area contributed by atoms with E-state index in [1.807, 2.05) is 6.92 Å². The SMILES string of the molecule is CCNCc1ccc(S(=O)(=O)NC(C)(C)C)o1. The predicted molar refractivity (Wildman–Crippen MR) is 66.2 cm³/mol. The number of furan rings is 1. The molecule has 0 aromatic carbocycles. The second kappa shape index (κ2) is 5.20. The van der Waals surface area contributed by atoms with Crippen LogP contribution in [0.25, 0.3) is 0 Å². The number of sulfonamides is 1. The van der Waals surface area contributed by atoms with Crippen molar-refractivity contribution >= 4 is 10.0 Å². The number of hydrogen-bond acceptors (Lipinski definition) is 4. The van der Waals surface area contributed by atoms with Crippen LogP contribution in [0.1, 0.15) is 33.5 Å². The average Bonchev–Trinajstić information content (AvgIpc) is 2.59. The van der Waals surface area contributed by atoms with Crippen molar-refractivity contribution in [2.45, 2.75) is 44.9 Å². The van der Waals surface area contributed by atoms with Crippen LogP contribution in [0.2, 0.25) is 0 Å². The quantitative estimate of drug-likeness (QED) is 0.841. The van der Waals surface area contributed by atoms with Crippen LogP contribution in [0.5, 0.6) is 0 Å². The molecular formula is C11H20N2O3S. The van der Waals surface area contributed by atoms with Crippen LogP contribution in [0.4, 0.5) is 0 Å². The Morgan fingerprint density at radius 3 is 2.47 bits per heavy atom. The molecule has 17 heavy (non-hydrogen) atoms. The zero-order valence-electron chi connectivity index (χ0n) is 10.7. The molecule has 98 valence electrons. The third-order valence-corrected chi connectivity index (χ3v) is 3.52. The first-order valence-electron chi connectivity index (χ1n) is 5.58. The van der Waals surface area contributed by atoms with Crippen molar-refractivity contribution in [1.82, 2.24) is 10.0 Å². The summed E-state index contributed by atoms with van der Waals surface area (Å²) in [5.74, 6) is 0.612. The zero-order chi connectivity index (χ0) is 13.1. The molecule has 0 saturated heterocycles. The normalized spacial score (nSPS) is 12.9. The van der Waals surface area contributed by atoms with Crippen molar-refractivity contribution < 1.29 is 12.8 Å². The van der Waals surface area contributed by atoms with Crippen LogP contribution in [0.3, 0.4) is 0 Å². The summed E-state index contributed by atoms with van der Waals surface area (Å²) >= 11 is 0. The van der Waals surface area contributed by atoms with Crippen molar-refractivity contribution in [3.05, 3.63) is 17.9 Å². The lowest BCUT2D eigenvalue weighted by Gasteiger charge is -2.19. The molecule has 0 bridgehead atoms. The molecule has 1 rings (SSSR count). The molecule has 0 fully saturated rings. The topological polar surface area (TPSA) is 71.3 Å². The Morgan fingerprint density at radius 2 is 1.94 bits per heavy atom. The second-order valence-electron chi connectivity index (χ2n) is 4.86. The van der Waals surface area contributed by atoms with E-state index in [2.05, 4.69) is 10.0 Å². The van der Waals surface area contributed by atoms with Crippen molar-refractivity contribution in [2.75, 3.05) is 6.54 Å². The van der Waals surface area contributed by atoms with Crippen LogP contribution < -0.4 is 10.0 Å². The maximum Gasteiger partial charge on any atom is 0.274 e. The minimum atomic E-state index is -3.57. The third-order valence-electron chi connectivity index (χ3n) is 1.89. The van der Waals surface area contributed by atoms with Crippen molar-refractivity contribution in [3.63, 3.8) is 0 Å². The summed E-state index contributed by atoms with van der Waals surface area (Å²) in [5.41, 5.74) is -0.520. The second-order valence-corrected chi connectivity index (χ2v) is 6.47. The fourth-order valence-electron chi connectivity index (χ4n) is 1.30. The van der Waals surface area contributed by atoms with E-state index < -0.39 is 15.6 Å². The molecule has 0 aliphatic rings. The fraction of sp³-hybridized carbons (Fsp3) is 0.636. The van der Waals surface area contributed by atoms with Crippen LogP contribution >= 0.6 is 0 Å². The largest absolute Gasteiger partial charge is 0.447 e. The van der Waals surface area contributed by atoms with Gasteiger partial charge in [0.2, 0.25) is 5.09 Å². The van der Waals surface area contributed by atoms with Gasteiger partial charge in [0.05, 0.1) is 6.54 Å². The maximum absolute atomic E-state index is 11.9. The molecule has 1 heterocycles. The Hall–Kier alpha value is -0.850. The number of nitrogens with one attached hydrogen (secondary N) is 2. The lowest BCUT2D eigenvalue weighted by molar-refractivity contribution is 0.394. The van der Waals surface area contributed by atoms with Gasteiger partial charge in [-0.2, -0.15) is 0 Å². The van der Waals surface area contributed by atoms with E-state index >= 15 is 0 Å². The van der Waals surface area contributed by atoms with Gasteiger partial charge < -0.3 is 9.73 Å². The molecule has 0 atom stereocenters. The molecule has 5 nitrogen and oxygen atoms in total. The van der Waals surface area contributed by atoms with E-state index in [1.54, 1.807) is 26.8 Å². The van der Waals surface area contributed by atoms with Crippen molar-refractivity contribution in [2.24, 2.45) is 0 Å². The molecule has 1 aromatic heterocycles. The lowest BCUT2D eigenvalue weighted by Crippen LogP contribution is -2.40. The predicted octanol–water partition coefficient (Wildman–Crippen LogP) is 1.47. The van der Waals surface area contributed by atoms with Crippen LogP contribution in [-0.2, 0) is 16.6 Å². The molecule has 0 saturated carbocycles. The third kappa shape index (κ3) is 4.49. The van der Waals surface area contributed by atoms with Gasteiger partial charge in [-0.1, -0.05) is 6.92 Å². The zero-order valence-corrected chi connectivity index (χ0v) is 11.5. The highest BCUT2D eigenvalue weighted by Gasteiger charge is 2.24. The van der Waals surface area contributed by atoms with Crippen LogP contribution in [-0.4, -0.2) is 20.5 Å². The first-order valence-corrected chi connectivity index (χ1v) is 7.06. The van der Waals surface area contributed by atoms with Crippen molar-refractivity contribution in [1.29, 1.82) is 0 Å². The summed E-state index contributed by atoms with van der Waals surface area (Å²) in [6.07, 6.45) is 0. The first-order chi connectivity index (χ1) is 7.74. The molecule has 0 aliphatic heterocycles. The van der Waals surface area contributed by atoms with E-state index in [0.29, 0.717) is 12.3 Å². The lowest BCUT2D eigenvalue weighted by atomic mass is 10.1. The molecule has 0 aliphatic carbocycles. The van der Waals surface area contributed by atoms with Gasteiger partial charge in [0, 0.05) is 5.54 Å². The smallest absolute Gasteiger partial charge is 0.274 e. The molecule has 2 N–H and O–H groups in total. The average molecular weight is 260 g/mol. The molecule has 0 spiro atoms. The van der Waals surface area contributed by atoms with Gasteiger partial charge in [0.15, 0.2) is 0 Å². The van der Waals surface area contributed by atoms with Crippen LogP contribution in [0, 0.1) is 0 Å². The van der Waals surface area contributed by atoms with Gasteiger partial charge in [-0.25, -0.2) is 13.1 Å². The summed E-state index contributed by atoms with van der Waals surface area (Å²) in [6.45, 7) is 8.67. The molecule has 6 heteroatoms. The minimum absolute atomic E-state index is 0.0414. The Morgan fingerprint density at radius 1 is 1.29 bits per heavy atom. The van der Waals surface area contributed by atoms with E-state index in [9.17, 15) is 8.42 Å². The molecule has 0 radical (unpaired) electrons. The monoisotopic (exact) mass is 260 g/mol. The summed E-state index contributed by atoms with van der Waals surface area (Å²) in [5, 5.41) is 3.03. The van der Waals surface area contributed by atoms with E-state index in [4.69, 9.17) is 4.42 Å². The van der Waals surface area contributed by atoms with E-state index in [1.165, 1.54) is 6.07 Å². The summed E-state index contributed by atoms with van der Waals surface area (Å²) in [6, 6.07) is 3.14. The maximum atomic E-state index is 11.9. The Bertz CT molecular complexity index is 457. The van der Waals surface area contributed by atoms with Crippen LogP contribution in [0.15, 0.2) is 21.6 Å². The van der Waals surface area contributed by atoms with E-state index in [0.717, 1.165) is 6.54 Å². The van der Waals surface area contributed by atoms with Gasteiger partial charge in [0.25, 0.3) is 10.0 Å². The molecular weight excluding hydrogens is 240 g/mol. The van der Waals surface area contributed by atoms with Gasteiger partial charge in [-0.3, -0.25) is 0 Å². The van der Waals surface area contributed by atoms with Crippen molar-refractivity contribution in [3.8, 4) is 0 Å². The standard InChI is InChI=1S/C11H20N2O3S/c1-5-12-8-9-6-7-10(16-9)17(14,15)13-11(2,3)4/h6-7,12-13H,5,8H2,1-4H3. The first kappa shape index (κ1) is 14.2. The molecule has 0 amide bonds. The highest BCUT2D eigenvalue weighted by atomic mass is 32.2. The van der Waals surface area contributed by atoms with Gasteiger partial charge >= 0.3 is 0 Å².